The van der Waals surface area contributed by atoms with E-state index in [1.807, 2.05) is 19.0 Å². The fourth-order valence-corrected chi connectivity index (χ4v) is 0.899. The van der Waals surface area contributed by atoms with Crippen molar-refractivity contribution >= 4 is 5.97 Å². The van der Waals surface area contributed by atoms with Gasteiger partial charge >= 0.3 is 5.97 Å². The fraction of sp³-hybridized carbons (Fsp3) is 0.500. The Morgan fingerprint density at radius 1 is 1.69 bits per heavy atom. The summed E-state index contributed by atoms with van der Waals surface area (Å²) in [5, 5.41) is 12.5. The Hall–Kier alpha value is -1.36. The lowest BCUT2D eigenvalue weighted by atomic mass is 10.4. The molecule has 0 atom stereocenters. The molecule has 0 saturated heterocycles. The van der Waals surface area contributed by atoms with Gasteiger partial charge in [0.25, 0.3) is 0 Å². The van der Waals surface area contributed by atoms with Crippen molar-refractivity contribution in [1.29, 1.82) is 0 Å². The molecule has 0 aliphatic heterocycles. The molecular weight excluding hydrogens is 170 g/mol. The third-order valence-corrected chi connectivity index (χ3v) is 1.66. The maximum Gasteiger partial charge on any atom is 0.338 e. The van der Waals surface area contributed by atoms with Crippen LogP contribution in [0.5, 0.6) is 0 Å². The van der Waals surface area contributed by atoms with E-state index in [2.05, 4.69) is 5.10 Å². The van der Waals surface area contributed by atoms with E-state index >= 15 is 0 Å². The van der Waals surface area contributed by atoms with Gasteiger partial charge in [-0.15, -0.1) is 0 Å². The Morgan fingerprint density at radius 3 is 2.85 bits per heavy atom. The lowest BCUT2D eigenvalue weighted by Gasteiger charge is -2.08. The standard InChI is InChI=1S/C8H13N3O2/c1-10(2)3-4-11-6-7(5-9-11)8(12)13/h5-6H,3-4H2,1-2H3,(H,12,13). The van der Waals surface area contributed by atoms with Gasteiger partial charge in [-0.3, -0.25) is 4.68 Å². The van der Waals surface area contributed by atoms with Crippen molar-refractivity contribution in [1.82, 2.24) is 14.7 Å². The van der Waals surface area contributed by atoms with Crippen LogP contribution in [-0.4, -0.2) is 46.4 Å². The number of carboxylic acid groups (broad SMARTS) is 1. The highest BCUT2D eigenvalue weighted by atomic mass is 16.4. The largest absolute Gasteiger partial charge is 0.478 e. The number of aromatic carboxylic acids is 1. The van der Waals surface area contributed by atoms with Crippen LogP contribution < -0.4 is 0 Å². The van der Waals surface area contributed by atoms with Crippen LogP contribution in [0, 0.1) is 0 Å². The molecule has 0 unspecified atom stereocenters. The minimum atomic E-state index is -0.934. The average molecular weight is 183 g/mol. The van der Waals surface area contributed by atoms with Crippen LogP contribution in [0.25, 0.3) is 0 Å². The summed E-state index contributed by atoms with van der Waals surface area (Å²) >= 11 is 0. The van der Waals surface area contributed by atoms with Crippen LogP contribution in [0.4, 0.5) is 0 Å². The van der Waals surface area contributed by atoms with Crippen molar-refractivity contribution in [3.8, 4) is 0 Å². The highest BCUT2D eigenvalue weighted by molar-refractivity contribution is 5.86. The number of rotatable bonds is 4. The molecule has 0 amide bonds. The van der Waals surface area contributed by atoms with Gasteiger partial charge in [-0.1, -0.05) is 0 Å². The monoisotopic (exact) mass is 183 g/mol. The first kappa shape index (κ1) is 9.73. The minimum absolute atomic E-state index is 0.235. The van der Waals surface area contributed by atoms with Gasteiger partial charge in [0.15, 0.2) is 0 Å². The first-order chi connectivity index (χ1) is 6.09. The van der Waals surface area contributed by atoms with Crippen molar-refractivity contribution in [3.05, 3.63) is 18.0 Å². The quantitative estimate of drug-likeness (QED) is 0.721. The summed E-state index contributed by atoms with van der Waals surface area (Å²) in [4.78, 5) is 12.5. The highest BCUT2D eigenvalue weighted by Crippen LogP contribution is 1.96. The van der Waals surface area contributed by atoms with Gasteiger partial charge in [-0.25, -0.2) is 4.79 Å². The molecule has 1 N–H and O–H groups in total. The molecule has 0 aliphatic carbocycles. The number of nitrogens with zero attached hydrogens (tertiary/aromatic N) is 3. The van der Waals surface area contributed by atoms with Crippen LogP contribution in [0.15, 0.2) is 12.4 Å². The van der Waals surface area contributed by atoms with Gasteiger partial charge in [0.05, 0.1) is 18.3 Å². The molecule has 0 radical (unpaired) electrons. The maximum atomic E-state index is 10.5. The average Bonchev–Trinajstić information content (AvgIpc) is 2.48. The van der Waals surface area contributed by atoms with Gasteiger partial charge in [-0.05, 0) is 14.1 Å². The lowest BCUT2D eigenvalue weighted by molar-refractivity contribution is 0.0697. The second-order valence-corrected chi connectivity index (χ2v) is 3.10. The molecule has 0 spiro atoms. The molecule has 1 heterocycles. The number of hydrogen-bond donors (Lipinski definition) is 1. The first-order valence-corrected chi connectivity index (χ1v) is 4.00. The summed E-state index contributed by atoms with van der Waals surface area (Å²) in [6.45, 7) is 1.56. The Kier molecular flexibility index (Phi) is 3.02. The lowest BCUT2D eigenvalue weighted by Crippen LogP contribution is -2.18. The van der Waals surface area contributed by atoms with Gasteiger partial charge in [0, 0.05) is 12.7 Å². The van der Waals surface area contributed by atoms with Crippen LogP contribution >= 0.6 is 0 Å². The number of hydrogen-bond acceptors (Lipinski definition) is 3. The van der Waals surface area contributed by atoms with Gasteiger partial charge in [0.1, 0.15) is 0 Å². The zero-order valence-electron chi connectivity index (χ0n) is 7.77. The maximum absolute atomic E-state index is 10.5. The second-order valence-electron chi connectivity index (χ2n) is 3.10. The molecule has 5 heteroatoms. The van der Waals surface area contributed by atoms with Gasteiger partial charge < -0.3 is 10.0 Å². The van der Waals surface area contributed by atoms with E-state index < -0.39 is 5.97 Å². The number of carbonyl (C=O) groups is 1. The number of aromatic nitrogens is 2. The van der Waals surface area contributed by atoms with Crippen molar-refractivity contribution in [2.75, 3.05) is 20.6 Å². The Balaban J connectivity index is 2.54. The van der Waals surface area contributed by atoms with Crippen molar-refractivity contribution in [3.63, 3.8) is 0 Å². The van der Waals surface area contributed by atoms with Crippen LogP contribution in [-0.2, 0) is 6.54 Å². The van der Waals surface area contributed by atoms with Gasteiger partial charge in [0.2, 0.25) is 0 Å². The van der Waals surface area contributed by atoms with Crippen LogP contribution in [0.2, 0.25) is 0 Å². The Morgan fingerprint density at radius 2 is 2.38 bits per heavy atom. The van der Waals surface area contributed by atoms with E-state index in [0.29, 0.717) is 6.54 Å². The highest BCUT2D eigenvalue weighted by Gasteiger charge is 2.05. The molecule has 0 fully saturated rings. The molecule has 0 bridgehead atoms. The zero-order chi connectivity index (χ0) is 9.84. The third-order valence-electron chi connectivity index (χ3n) is 1.66. The summed E-state index contributed by atoms with van der Waals surface area (Å²) in [6, 6.07) is 0. The molecule has 1 aromatic rings. The Labute approximate surface area is 76.6 Å². The predicted octanol–water partition coefficient (Wildman–Crippen LogP) is 0.143. The van der Waals surface area contributed by atoms with Crippen molar-refractivity contribution in [2.45, 2.75) is 6.54 Å². The number of likely N-dealkylation sites (N-methyl/N-ethyl adjacent to an activating group) is 1. The van der Waals surface area contributed by atoms with Crippen molar-refractivity contribution in [2.24, 2.45) is 0 Å². The summed E-state index contributed by atoms with van der Waals surface area (Å²) in [5.41, 5.74) is 0.235. The van der Waals surface area contributed by atoms with Gasteiger partial charge in [-0.2, -0.15) is 5.10 Å². The molecule has 0 aliphatic rings. The SMILES string of the molecule is CN(C)CCn1cc(C(=O)O)cn1. The van der Waals surface area contributed by atoms with Crippen LogP contribution in [0.1, 0.15) is 10.4 Å². The summed E-state index contributed by atoms with van der Waals surface area (Å²) in [7, 11) is 3.92. The minimum Gasteiger partial charge on any atom is -0.478 e. The molecule has 13 heavy (non-hydrogen) atoms. The molecule has 1 rings (SSSR count). The second kappa shape index (κ2) is 4.04. The molecule has 0 aromatic carbocycles. The first-order valence-electron chi connectivity index (χ1n) is 4.00. The van der Waals surface area contributed by atoms with E-state index in [4.69, 9.17) is 5.11 Å². The summed E-state index contributed by atoms with van der Waals surface area (Å²) < 4.78 is 1.63. The molecule has 72 valence electrons. The van der Waals surface area contributed by atoms with E-state index in [1.54, 1.807) is 4.68 Å². The zero-order valence-corrected chi connectivity index (χ0v) is 7.77. The Bertz CT molecular complexity index is 293. The fourth-order valence-electron chi connectivity index (χ4n) is 0.899. The smallest absolute Gasteiger partial charge is 0.338 e. The van der Waals surface area contributed by atoms with E-state index in [0.717, 1.165) is 6.54 Å². The topological polar surface area (TPSA) is 58.4 Å². The molecule has 1 aromatic heterocycles. The molecular formula is C8H13N3O2. The number of carboxylic acids is 1. The van der Waals surface area contributed by atoms with E-state index in [-0.39, 0.29) is 5.56 Å². The predicted molar refractivity (Wildman–Crippen MR) is 47.7 cm³/mol. The van der Waals surface area contributed by atoms with E-state index in [1.165, 1.54) is 12.4 Å². The third kappa shape index (κ3) is 2.87. The van der Waals surface area contributed by atoms with Crippen molar-refractivity contribution < 1.29 is 9.90 Å². The summed E-state index contributed by atoms with van der Waals surface area (Å²) in [6.07, 6.45) is 2.89. The summed E-state index contributed by atoms with van der Waals surface area (Å²) in [5.74, 6) is -0.934. The van der Waals surface area contributed by atoms with E-state index in [9.17, 15) is 4.79 Å². The molecule has 0 saturated carbocycles. The van der Waals surface area contributed by atoms with Crippen LogP contribution in [0.3, 0.4) is 0 Å². The normalized spacial score (nSPS) is 10.7. The molecule has 5 nitrogen and oxygen atoms in total.